The van der Waals surface area contributed by atoms with Gasteiger partial charge in [0.05, 0.1) is 12.0 Å². The molecule has 2 saturated carbocycles. The molecule has 0 aromatic heterocycles. The van der Waals surface area contributed by atoms with E-state index in [0.29, 0.717) is 6.61 Å². The van der Waals surface area contributed by atoms with Crippen LogP contribution in [-0.2, 0) is 9.53 Å². The Hall–Kier alpha value is -0.530. The van der Waals surface area contributed by atoms with Gasteiger partial charge in [-0.05, 0) is 56.8 Å². The lowest BCUT2D eigenvalue weighted by Gasteiger charge is -2.24. The Labute approximate surface area is 118 Å². The summed E-state index contributed by atoms with van der Waals surface area (Å²) in [4.78, 5) is 12.2. The van der Waals surface area contributed by atoms with Gasteiger partial charge in [-0.15, -0.1) is 0 Å². The summed E-state index contributed by atoms with van der Waals surface area (Å²) < 4.78 is 5.56. The van der Waals surface area contributed by atoms with Gasteiger partial charge in [-0.25, -0.2) is 0 Å². The van der Waals surface area contributed by atoms with Gasteiger partial charge in [-0.2, -0.15) is 0 Å². The normalized spacial score (nSPS) is 29.1. The first-order valence-corrected chi connectivity index (χ1v) is 8.37. The van der Waals surface area contributed by atoms with Crippen LogP contribution in [-0.4, -0.2) is 12.6 Å². The molecule has 2 aliphatic carbocycles. The Morgan fingerprint density at radius 3 is 2.42 bits per heavy atom. The first-order valence-electron chi connectivity index (χ1n) is 8.37. The molecule has 0 radical (unpaired) electrons. The number of carbonyl (C=O) groups is 1. The summed E-state index contributed by atoms with van der Waals surface area (Å²) in [6.07, 6.45) is 11.9. The fourth-order valence-corrected chi connectivity index (χ4v) is 4.03. The maximum atomic E-state index is 12.2. The highest BCUT2D eigenvalue weighted by molar-refractivity contribution is 5.77. The molecule has 0 saturated heterocycles. The third-order valence-corrected chi connectivity index (χ3v) is 5.57. The predicted molar refractivity (Wildman–Crippen MR) is 77.9 cm³/mol. The number of rotatable bonds is 8. The van der Waals surface area contributed by atoms with Crippen molar-refractivity contribution in [3.63, 3.8) is 0 Å². The topological polar surface area (TPSA) is 26.3 Å². The standard InChI is InChI=1S/C17H30O2/c1-3-14(4-2)7-5-6-12-19-16(18)17-10-8-15(13-17)9-11-17/h14-15H,3-13H2,1-2H3. The fourth-order valence-electron chi connectivity index (χ4n) is 4.03. The zero-order valence-electron chi connectivity index (χ0n) is 12.7. The van der Waals surface area contributed by atoms with Crippen LogP contribution in [0.5, 0.6) is 0 Å². The Kier molecular flexibility index (Phi) is 5.29. The summed E-state index contributed by atoms with van der Waals surface area (Å²) >= 11 is 0. The fraction of sp³-hybridized carbons (Fsp3) is 0.941. The highest BCUT2D eigenvalue weighted by atomic mass is 16.5. The minimum atomic E-state index is -0.0555. The Balaban J connectivity index is 1.60. The predicted octanol–water partition coefficient (Wildman–Crippen LogP) is 4.72. The van der Waals surface area contributed by atoms with Crippen LogP contribution >= 0.6 is 0 Å². The monoisotopic (exact) mass is 266 g/mol. The van der Waals surface area contributed by atoms with Crippen LogP contribution in [0.3, 0.4) is 0 Å². The van der Waals surface area contributed by atoms with Crippen LogP contribution in [0.2, 0.25) is 0 Å². The Bertz CT molecular complexity index is 286. The van der Waals surface area contributed by atoms with E-state index in [9.17, 15) is 4.79 Å². The van der Waals surface area contributed by atoms with Crippen molar-refractivity contribution in [2.45, 2.75) is 78.1 Å². The van der Waals surface area contributed by atoms with Crippen molar-refractivity contribution < 1.29 is 9.53 Å². The molecule has 0 amide bonds. The van der Waals surface area contributed by atoms with Crippen molar-refractivity contribution in [1.82, 2.24) is 0 Å². The molecule has 0 aromatic rings. The molecule has 2 nitrogen and oxygen atoms in total. The van der Waals surface area contributed by atoms with Crippen LogP contribution < -0.4 is 0 Å². The molecule has 2 fully saturated rings. The van der Waals surface area contributed by atoms with Gasteiger partial charge in [0.1, 0.15) is 0 Å². The highest BCUT2D eigenvalue weighted by Gasteiger charge is 2.51. The number of fused-ring (bicyclic) bond motifs is 2. The maximum absolute atomic E-state index is 12.2. The van der Waals surface area contributed by atoms with E-state index in [1.165, 1.54) is 38.5 Å². The molecule has 0 N–H and O–H groups in total. The molecule has 0 unspecified atom stereocenters. The van der Waals surface area contributed by atoms with Gasteiger partial charge in [0.25, 0.3) is 0 Å². The Morgan fingerprint density at radius 1 is 1.21 bits per heavy atom. The van der Waals surface area contributed by atoms with Crippen LogP contribution in [0.25, 0.3) is 0 Å². The zero-order chi connectivity index (χ0) is 13.7. The molecule has 2 aliphatic rings. The minimum Gasteiger partial charge on any atom is -0.465 e. The number of unbranched alkanes of at least 4 members (excludes halogenated alkanes) is 1. The molecule has 2 rings (SSSR count). The molecular formula is C17H30O2. The van der Waals surface area contributed by atoms with Gasteiger partial charge in [0, 0.05) is 0 Å². The molecule has 110 valence electrons. The summed E-state index contributed by atoms with van der Waals surface area (Å²) in [6, 6.07) is 0. The smallest absolute Gasteiger partial charge is 0.312 e. The zero-order valence-corrected chi connectivity index (χ0v) is 12.7. The second-order valence-electron chi connectivity index (χ2n) is 6.74. The summed E-state index contributed by atoms with van der Waals surface area (Å²) in [7, 11) is 0. The van der Waals surface area contributed by atoms with E-state index in [0.717, 1.165) is 37.5 Å². The van der Waals surface area contributed by atoms with Gasteiger partial charge >= 0.3 is 5.97 Å². The number of hydrogen-bond acceptors (Lipinski definition) is 2. The van der Waals surface area contributed by atoms with E-state index in [2.05, 4.69) is 13.8 Å². The largest absolute Gasteiger partial charge is 0.465 e. The van der Waals surface area contributed by atoms with E-state index in [4.69, 9.17) is 4.74 Å². The van der Waals surface area contributed by atoms with Crippen molar-refractivity contribution in [3.05, 3.63) is 0 Å². The molecule has 0 heterocycles. The van der Waals surface area contributed by atoms with E-state index in [1.807, 2.05) is 0 Å². The lowest BCUT2D eigenvalue weighted by atomic mass is 9.84. The highest BCUT2D eigenvalue weighted by Crippen LogP contribution is 2.54. The van der Waals surface area contributed by atoms with Gasteiger partial charge < -0.3 is 4.74 Å². The molecule has 2 heteroatoms. The van der Waals surface area contributed by atoms with Crippen LogP contribution in [0.1, 0.15) is 78.1 Å². The van der Waals surface area contributed by atoms with Gasteiger partial charge in [0.2, 0.25) is 0 Å². The quantitative estimate of drug-likeness (QED) is 0.469. The first kappa shape index (κ1) is 14.9. The van der Waals surface area contributed by atoms with E-state index >= 15 is 0 Å². The molecule has 2 bridgehead atoms. The SMILES string of the molecule is CCC(CC)CCCCOC(=O)C12CCC(CC1)C2. The summed E-state index contributed by atoms with van der Waals surface area (Å²) in [5.74, 6) is 1.80. The number of hydrogen-bond donors (Lipinski definition) is 0. The summed E-state index contributed by atoms with van der Waals surface area (Å²) in [5.41, 5.74) is -0.0555. The van der Waals surface area contributed by atoms with E-state index in [1.54, 1.807) is 0 Å². The average molecular weight is 266 g/mol. The average Bonchev–Trinajstić information content (AvgIpc) is 3.04. The summed E-state index contributed by atoms with van der Waals surface area (Å²) in [6.45, 7) is 5.18. The second kappa shape index (κ2) is 6.76. The van der Waals surface area contributed by atoms with Crippen molar-refractivity contribution in [2.24, 2.45) is 17.3 Å². The second-order valence-corrected chi connectivity index (χ2v) is 6.74. The maximum Gasteiger partial charge on any atom is 0.312 e. The van der Waals surface area contributed by atoms with Crippen molar-refractivity contribution in [3.8, 4) is 0 Å². The molecule has 0 aliphatic heterocycles. The number of esters is 1. The molecule has 0 spiro atoms. The van der Waals surface area contributed by atoms with Crippen LogP contribution in [0.4, 0.5) is 0 Å². The molecule has 0 aromatic carbocycles. The van der Waals surface area contributed by atoms with Crippen molar-refractivity contribution >= 4 is 5.97 Å². The minimum absolute atomic E-state index is 0.0555. The lowest BCUT2D eigenvalue weighted by Crippen LogP contribution is -2.28. The van der Waals surface area contributed by atoms with Crippen molar-refractivity contribution in [2.75, 3.05) is 6.61 Å². The molecule has 0 atom stereocenters. The van der Waals surface area contributed by atoms with Gasteiger partial charge in [-0.1, -0.05) is 33.1 Å². The molecular weight excluding hydrogens is 236 g/mol. The summed E-state index contributed by atoms with van der Waals surface area (Å²) in [5, 5.41) is 0. The number of ether oxygens (including phenoxy) is 1. The third kappa shape index (κ3) is 3.52. The van der Waals surface area contributed by atoms with E-state index < -0.39 is 0 Å². The van der Waals surface area contributed by atoms with Crippen molar-refractivity contribution in [1.29, 1.82) is 0 Å². The van der Waals surface area contributed by atoms with E-state index in [-0.39, 0.29) is 11.4 Å². The lowest BCUT2D eigenvalue weighted by molar-refractivity contribution is -0.155. The van der Waals surface area contributed by atoms with Crippen LogP contribution in [0, 0.1) is 17.3 Å². The number of carbonyl (C=O) groups excluding carboxylic acids is 1. The third-order valence-electron chi connectivity index (χ3n) is 5.57. The van der Waals surface area contributed by atoms with Gasteiger partial charge in [-0.3, -0.25) is 4.79 Å². The Morgan fingerprint density at radius 2 is 1.89 bits per heavy atom. The first-order chi connectivity index (χ1) is 9.20. The van der Waals surface area contributed by atoms with Crippen LogP contribution in [0.15, 0.2) is 0 Å². The van der Waals surface area contributed by atoms with Gasteiger partial charge in [0.15, 0.2) is 0 Å². The molecule has 19 heavy (non-hydrogen) atoms.